The maximum Gasteiger partial charge on any atom is 0.161 e. The molecule has 0 saturated carbocycles. The van der Waals surface area contributed by atoms with Crippen LogP contribution in [0.15, 0.2) is 12.1 Å². The Morgan fingerprint density at radius 3 is 2.45 bits per heavy atom. The van der Waals surface area contributed by atoms with Crippen LogP contribution < -0.4 is 4.90 Å². The van der Waals surface area contributed by atoms with E-state index in [-0.39, 0.29) is 17.6 Å². The number of halogens is 1. The number of benzene rings is 1. The molecule has 0 N–H and O–H groups in total. The number of anilines is 1. The summed E-state index contributed by atoms with van der Waals surface area (Å²) in [6.45, 7) is 10.5. The van der Waals surface area contributed by atoms with Gasteiger partial charge < -0.3 is 4.90 Å². The minimum absolute atomic E-state index is 0.0833. The van der Waals surface area contributed by atoms with E-state index in [1.807, 2.05) is 0 Å². The number of hydrogen-bond donors (Lipinski definition) is 0. The second-order valence-electron chi connectivity index (χ2n) is 5.67. The first-order valence-electron chi connectivity index (χ1n) is 7.46. The number of aryl methyl sites for hydroxylation is 1. The van der Waals surface area contributed by atoms with E-state index in [4.69, 9.17) is 0 Å². The van der Waals surface area contributed by atoms with E-state index in [0.717, 1.165) is 25.1 Å². The zero-order valence-corrected chi connectivity index (χ0v) is 13.3. The van der Waals surface area contributed by atoms with Crippen molar-refractivity contribution in [2.75, 3.05) is 11.4 Å². The fourth-order valence-electron chi connectivity index (χ4n) is 2.37. The van der Waals surface area contributed by atoms with Crippen LogP contribution in [0.2, 0.25) is 0 Å². The third kappa shape index (κ3) is 4.06. The maximum absolute atomic E-state index is 13.7. The lowest BCUT2D eigenvalue weighted by atomic mass is 10.0. The van der Waals surface area contributed by atoms with Gasteiger partial charge in [-0.05, 0) is 51.8 Å². The van der Waals surface area contributed by atoms with Gasteiger partial charge in [-0.15, -0.1) is 0 Å². The average Bonchev–Trinajstić information content (AvgIpc) is 2.37. The Labute approximate surface area is 122 Å². The molecule has 1 aromatic carbocycles. The standard InChI is InChI=1S/C17H26FNO/c1-6-7-8-9-19(12(2)3)17-10-13(4)16(18)11-15(17)14(5)20/h10-12H,6-9H2,1-5H3. The molecular formula is C17H26FNO. The smallest absolute Gasteiger partial charge is 0.161 e. The van der Waals surface area contributed by atoms with Crippen molar-refractivity contribution in [3.63, 3.8) is 0 Å². The molecule has 0 atom stereocenters. The first kappa shape index (κ1) is 16.7. The molecule has 0 heterocycles. The fourth-order valence-corrected chi connectivity index (χ4v) is 2.37. The molecule has 0 spiro atoms. The number of hydrogen-bond acceptors (Lipinski definition) is 2. The van der Waals surface area contributed by atoms with Crippen molar-refractivity contribution >= 4 is 11.5 Å². The van der Waals surface area contributed by atoms with Gasteiger partial charge in [-0.25, -0.2) is 4.39 Å². The van der Waals surface area contributed by atoms with Crippen molar-refractivity contribution in [1.29, 1.82) is 0 Å². The number of rotatable bonds is 7. The molecule has 0 saturated heterocycles. The van der Waals surface area contributed by atoms with E-state index in [2.05, 4.69) is 25.7 Å². The minimum Gasteiger partial charge on any atom is -0.369 e. The molecule has 0 fully saturated rings. The summed E-state index contributed by atoms with van der Waals surface area (Å²) in [6.07, 6.45) is 3.41. The number of carbonyl (C=O) groups excluding carboxylic acids is 1. The van der Waals surface area contributed by atoms with E-state index >= 15 is 0 Å². The third-order valence-corrected chi connectivity index (χ3v) is 3.59. The Balaban J connectivity index is 3.17. The van der Waals surface area contributed by atoms with Crippen LogP contribution in [-0.2, 0) is 0 Å². The molecule has 3 heteroatoms. The van der Waals surface area contributed by atoms with Crippen molar-refractivity contribution in [3.05, 3.63) is 29.1 Å². The molecule has 0 bridgehead atoms. The van der Waals surface area contributed by atoms with Crippen LogP contribution in [0.1, 0.15) is 62.9 Å². The summed E-state index contributed by atoms with van der Waals surface area (Å²) < 4.78 is 13.7. The van der Waals surface area contributed by atoms with Crippen molar-refractivity contribution in [3.8, 4) is 0 Å². The van der Waals surface area contributed by atoms with E-state index in [9.17, 15) is 9.18 Å². The fraction of sp³-hybridized carbons (Fsp3) is 0.588. The molecule has 20 heavy (non-hydrogen) atoms. The monoisotopic (exact) mass is 279 g/mol. The highest BCUT2D eigenvalue weighted by molar-refractivity contribution is 6.00. The second-order valence-corrected chi connectivity index (χ2v) is 5.67. The van der Waals surface area contributed by atoms with E-state index < -0.39 is 0 Å². The molecule has 0 amide bonds. The van der Waals surface area contributed by atoms with Gasteiger partial charge >= 0.3 is 0 Å². The summed E-state index contributed by atoms with van der Waals surface area (Å²) in [7, 11) is 0. The summed E-state index contributed by atoms with van der Waals surface area (Å²) >= 11 is 0. The molecule has 112 valence electrons. The lowest BCUT2D eigenvalue weighted by molar-refractivity contribution is 0.101. The van der Waals surface area contributed by atoms with Gasteiger partial charge in [0.05, 0.1) is 0 Å². The van der Waals surface area contributed by atoms with Crippen LogP contribution >= 0.6 is 0 Å². The van der Waals surface area contributed by atoms with Gasteiger partial charge in [0.2, 0.25) is 0 Å². The zero-order chi connectivity index (χ0) is 15.3. The van der Waals surface area contributed by atoms with Gasteiger partial charge in [0.1, 0.15) is 5.82 Å². The van der Waals surface area contributed by atoms with Crippen molar-refractivity contribution < 1.29 is 9.18 Å². The molecule has 0 aromatic heterocycles. The average molecular weight is 279 g/mol. The van der Waals surface area contributed by atoms with Gasteiger partial charge in [0.15, 0.2) is 5.78 Å². The summed E-state index contributed by atoms with van der Waals surface area (Å²) in [5, 5.41) is 0. The maximum atomic E-state index is 13.7. The summed E-state index contributed by atoms with van der Waals surface area (Å²) in [6, 6.07) is 3.47. The molecule has 0 aliphatic rings. The lowest BCUT2D eigenvalue weighted by Gasteiger charge is -2.31. The zero-order valence-electron chi connectivity index (χ0n) is 13.3. The Morgan fingerprint density at radius 1 is 1.30 bits per heavy atom. The third-order valence-electron chi connectivity index (χ3n) is 3.59. The number of carbonyl (C=O) groups is 1. The van der Waals surface area contributed by atoms with Crippen LogP contribution in [0.3, 0.4) is 0 Å². The number of Topliss-reactive ketones (excluding diaryl/α,β-unsaturated/α-hetero) is 1. The molecule has 1 aromatic rings. The largest absolute Gasteiger partial charge is 0.369 e. The molecule has 2 nitrogen and oxygen atoms in total. The lowest BCUT2D eigenvalue weighted by Crippen LogP contribution is -2.33. The molecular weight excluding hydrogens is 253 g/mol. The van der Waals surface area contributed by atoms with Crippen LogP contribution in [0.25, 0.3) is 0 Å². The first-order valence-corrected chi connectivity index (χ1v) is 7.46. The molecule has 0 aliphatic carbocycles. The SMILES string of the molecule is CCCCCN(c1cc(C)c(F)cc1C(C)=O)C(C)C. The van der Waals surface area contributed by atoms with Gasteiger partial charge in [0.25, 0.3) is 0 Å². The normalized spacial score (nSPS) is 10.9. The van der Waals surface area contributed by atoms with Crippen molar-refractivity contribution in [2.45, 2.75) is 59.9 Å². The summed E-state index contributed by atoms with van der Waals surface area (Å²) in [5.74, 6) is -0.392. The second kappa shape index (κ2) is 7.41. The highest BCUT2D eigenvalue weighted by Gasteiger charge is 2.18. The van der Waals surface area contributed by atoms with E-state index in [0.29, 0.717) is 11.1 Å². The highest BCUT2D eigenvalue weighted by atomic mass is 19.1. The molecule has 0 unspecified atom stereocenters. The minimum atomic E-state index is -0.309. The van der Waals surface area contributed by atoms with Crippen LogP contribution in [0, 0.1) is 12.7 Å². The summed E-state index contributed by atoms with van der Waals surface area (Å²) in [4.78, 5) is 14.0. The van der Waals surface area contributed by atoms with Gasteiger partial charge in [-0.1, -0.05) is 19.8 Å². The number of unbranched alkanes of at least 4 members (excludes halogenated alkanes) is 2. The quantitative estimate of drug-likeness (QED) is 0.530. The van der Waals surface area contributed by atoms with E-state index in [1.165, 1.54) is 19.4 Å². The first-order chi connectivity index (χ1) is 9.38. The van der Waals surface area contributed by atoms with Crippen LogP contribution in [0.4, 0.5) is 10.1 Å². The van der Waals surface area contributed by atoms with E-state index in [1.54, 1.807) is 13.0 Å². The number of nitrogens with zero attached hydrogens (tertiary/aromatic N) is 1. The molecule has 0 radical (unpaired) electrons. The molecule has 1 rings (SSSR count). The van der Waals surface area contributed by atoms with Crippen molar-refractivity contribution in [1.82, 2.24) is 0 Å². The predicted octanol–water partition coefficient (Wildman–Crippen LogP) is 4.74. The topological polar surface area (TPSA) is 20.3 Å². The van der Waals surface area contributed by atoms with Crippen molar-refractivity contribution in [2.24, 2.45) is 0 Å². The highest BCUT2D eigenvalue weighted by Crippen LogP contribution is 2.27. The Morgan fingerprint density at radius 2 is 1.95 bits per heavy atom. The predicted molar refractivity (Wildman–Crippen MR) is 83.1 cm³/mol. The van der Waals surface area contributed by atoms with Gasteiger partial charge in [-0.3, -0.25) is 4.79 Å². The Kier molecular flexibility index (Phi) is 6.18. The molecule has 0 aliphatic heterocycles. The van der Waals surface area contributed by atoms with Gasteiger partial charge in [0, 0.05) is 23.8 Å². The summed E-state index contributed by atoms with van der Waals surface area (Å²) in [5.41, 5.74) is 1.94. The van der Waals surface area contributed by atoms with Gasteiger partial charge in [-0.2, -0.15) is 0 Å². The Bertz CT molecular complexity index is 468. The number of ketones is 1. The van der Waals surface area contributed by atoms with Crippen LogP contribution in [0.5, 0.6) is 0 Å². The Hall–Kier alpha value is -1.38. The van der Waals surface area contributed by atoms with Crippen LogP contribution in [-0.4, -0.2) is 18.4 Å².